The predicted molar refractivity (Wildman–Crippen MR) is 125 cm³/mol. The number of alkyl halides is 7. The molecule has 0 radical (unpaired) electrons. The molecule has 16 heteroatoms. The zero-order valence-corrected chi connectivity index (χ0v) is 21.5. The number of carbonyl (C=O) groups is 1. The van der Waals surface area contributed by atoms with Gasteiger partial charge in [0.25, 0.3) is 5.89 Å². The lowest BCUT2D eigenvalue weighted by molar-refractivity contribution is -0.348. The molecular weight excluding hydrogens is 569 g/mol. The summed E-state index contributed by atoms with van der Waals surface area (Å²) in [5, 5.41) is 35.4. The van der Waals surface area contributed by atoms with E-state index in [1.54, 1.807) is 0 Å². The largest absolute Gasteiger partial charge is 0.465 e. The van der Waals surface area contributed by atoms with Crippen LogP contribution in [-0.4, -0.2) is 66.9 Å². The number of hydrogen-bond acceptors (Lipinski definition) is 7. The molecule has 0 spiro atoms. The average Bonchev–Trinajstić information content (AvgIpc) is 3.36. The predicted octanol–water partition coefficient (Wildman–Crippen LogP) is 4.88. The van der Waals surface area contributed by atoms with Gasteiger partial charge in [-0.05, 0) is 25.5 Å². The zero-order chi connectivity index (χ0) is 30.8. The van der Waals surface area contributed by atoms with Crippen LogP contribution in [0.1, 0.15) is 43.4 Å². The van der Waals surface area contributed by atoms with Gasteiger partial charge in [0.05, 0.1) is 0 Å². The van der Waals surface area contributed by atoms with Crippen molar-refractivity contribution in [3.63, 3.8) is 0 Å². The van der Waals surface area contributed by atoms with E-state index in [4.69, 9.17) is 4.52 Å². The molecule has 2 aromatic heterocycles. The molecular formula is C25H23F7N4O5. The van der Waals surface area contributed by atoms with Crippen molar-refractivity contribution in [1.82, 2.24) is 20.0 Å². The number of aliphatic hydroxyl groups is 2. The normalized spacial score (nSPS) is 17.6. The van der Waals surface area contributed by atoms with Gasteiger partial charge < -0.3 is 24.7 Å². The quantitative estimate of drug-likeness (QED) is 0.345. The van der Waals surface area contributed by atoms with Crippen molar-refractivity contribution in [3.05, 3.63) is 65.3 Å². The van der Waals surface area contributed by atoms with E-state index in [2.05, 4.69) is 15.1 Å². The van der Waals surface area contributed by atoms with Gasteiger partial charge in [-0.25, -0.2) is 9.18 Å². The molecule has 4 rings (SSSR count). The Morgan fingerprint density at radius 2 is 1.46 bits per heavy atom. The monoisotopic (exact) mass is 592 g/mol. The molecule has 0 aliphatic carbocycles. The Bertz CT molecular complexity index is 1430. The lowest BCUT2D eigenvalue weighted by Crippen LogP contribution is -2.66. The molecule has 1 aromatic carbocycles. The number of nitrogens with zero attached hydrogens (tertiary/aromatic N) is 4. The van der Waals surface area contributed by atoms with Crippen molar-refractivity contribution < 1.29 is 55.4 Å². The summed E-state index contributed by atoms with van der Waals surface area (Å²) in [6.45, 7) is 3.66. The van der Waals surface area contributed by atoms with Gasteiger partial charge in [-0.15, -0.1) is 0 Å². The summed E-state index contributed by atoms with van der Waals surface area (Å²) < 4.78 is 99.4. The van der Waals surface area contributed by atoms with E-state index in [0.29, 0.717) is 12.1 Å². The lowest BCUT2D eigenvalue weighted by atomic mass is 9.62. The highest BCUT2D eigenvalue weighted by Gasteiger charge is 2.73. The summed E-state index contributed by atoms with van der Waals surface area (Å²) in [7, 11) is 0. The minimum atomic E-state index is -6.34. The first-order valence-corrected chi connectivity index (χ1v) is 11.8. The van der Waals surface area contributed by atoms with Crippen LogP contribution in [0, 0.1) is 5.41 Å². The molecule has 1 unspecified atom stereocenters. The van der Waals surface area contributed by atoms with Crippen LogP contribution in [0.3, 0.4) is 0 Å². The van der Waals surface area contributed by atoms with Gasteiger partial charge in [0.1, 0.15) is 11.2 Å². The van der Waals surface area contributed by atoms with Gasteiger partial charge in [-0.1, -0.05) is 36.3 Å². The fourth-order valence-electron chi connectivity index (χ4n) is 4.80. The van der Waals surface area contributed by atoms with Crippen molar-refractivity contribution in [2.75, 3.05) is 13.1 Å². The molecule has 1 fully saturated rings. The third-order valence-electron chi connectivity index (χ3n) is 7.07. The molecule has 1 aliphatic heterocycles. The maximum absolute atomic E-state index is 14.6. The Morgan fingerprint density at radius 1 is 0.927 bits per heavy atom. The van der Waals surface area contributed by atoms with Crippen molar-refractivity contribution in [3.8, 4) is 11.4 Å². The second kappa shape index (κ2) is 9.37. The van der Waals surface area contributed by atoms with Crippen molar-refractivity contribution in [2.24, 2.45) is 5.41 Å². The molecule has 1 amide bonds. The van der Waals surface area contributed by atoms with E-state index in [1.165, 1.54) is 33.0 Å². The molecule has 41 heavy (non-hydrogen) atoms. The van der Waals surface area contributed by atoms with Crippen LogP contribution in [0.25, 0.3) is 11.4 Å². The first kappa shape index (κ1) is 30.2. The number of halogens is 7. The number of aromatic nitrogens is 3. The van der Waals surface area contributed by atoms with Crippen LogP contribution in [0.15, 0.2) is 47.2 Å². The summed E-state index contributed by atoms with van der Waals surface area (Å²) in [5.41, 5.74) is -12.7. The van der Waals surface area contributed by atoms with Gasteiger partial charge in [0, 0.05) is 47.6 Å². The Hall–Kier alpha value is -3.79. The number of hydrogen-bond donors (Lipinski definition) is 3. The van der Waals surface area contributed by atoms with E-state index in [1.807, 2.05) is 0 Å². The molecule has 3 heterocycles. The van der Waals surface area contributed by atoms with E-state index < -0.39 is 46.3 Å². The maximum Gasteiger partial charge on any atom is 0.435 e. The van der Waals surface area contributed by atoms with E-state index in [9.17, 15) is 50.8 Å². The zero-order valence-electron chi connectivity index (χ0n) is 21.5. The van der Waals surface area contributed by atoms with Crippen LogP contribution in [0.5, 0.6) is 0 Å². The molecule has 0 saturated carbocycles. The van der Waals surface area contributed by atoms with Crippen molar-refractivity contribution in [1.29, 1.82) is 0 Å². The molecule has 3 N–H and O–H groups in total. The first-order valence-electron chi connectivity index (χ1n) is 11.8. The third-order valence-corrected chi connectivity index (χ3v) is 7.07. The highest BCUT2D eigenvalue weighted by Crippen LogP contribution is 2.55. The van der Waals surface area contributed by atoms with Crippen LogP contribution in [0.4, 0.5) is 35.5 Å². The smallest absolute Gasteiger partial charge is 0.435 e. The molecule has 222 valence electrons. The van der Waals surface area contributed by atoms with Crippen LogP contribution < -0.4 is 0 Å². The van der Waals surface area contributed by atoms with Crippen LogP contribution in [0.2, 0.25) is 0 Å². The van der Waals surface area contributed by atoms with E-state index >= 15 is 0 Å². The van der Waals surface area contributed by atoms with Gasteiger partial charge in [-0.3, -0.25) is 4.98 Å². The number of benzene rings is 1. The summed E-state index contributed by atoms with van der Waals surface area (Å²) in [6, 6.07) is 3.28. The highest BCUT2D eigenvalue weighted by molar-refractivity contribution is 5.67. The van der Waals surface area contributed by atoms with Gasteiger partial charge in [0.15, 0.2) is 0 Å². The number of likely N-dealkylation sites (tertiary alicyclic amines) is 1. The van der Waals surface area contributed by atoms with Crippen LogP contribution >= 0.6 is 0 Å². The van der Waals surface area contributed by atoms with Crippen molar-refractivity contribution in [2.45, 2.75) is 50.0 Å². The molecule has 1 atom stereocenters. The number of amides is 1. The summed E-state index contributed by atoms with van der Waals surface area (Å²) in [6.07, 6.45) is -11.6. The van der Waals surface area contributed by atoms with Gasteiger partial charge in [-0.2, -0.15) is 31.3 Å². The first-order chi connectivity index (χ1) is 18.6. The molecule has 9 nitrogen and oxygen atoms in total. The third kappa shape index (κ3) is 4.77. The Balaban J connectivity index is 1.85. The topological polar surface area (TPSA) is 133 Å². The Kier molecular flexibility index (Phi) is 6.90. The van der Waals surface area contributed by atoms with Gasteiger partial charge >= 0.3 is 24.1 Å². The van der Waals surface area contributed by atoms with E-state index in [0.717, 1.165) is 11.1 Å². The standard InChI is InChI=1S/C25H23F7N4O5/c1-20(2,39)18-34-17(35-41-18)13-8-16(10-33-9-13)22(40,21(3)11-36(12-21)19(37)38)14-4-6-15(7-5-14)23(26,24(27,28)29)25(30,31)32/h4-10,39-40H,11-12H2,1-3H3,(H,37,38). The molecule has 1 aliphatic rings. The summed E-state index contributed by atoms with van der Waals surface area (Å²) >= 11 is 0. The maximum atomic E-state index is 14.6. The Morgan fingerprint density at radius 3 is 1.93 bits per heavy atom. The minimum Gasteiger partial charge on any atom is -0.465 e. The summed E-state index contributed by atoms with van der Waals surface area (Å²) in [4.78, 5) is 20.5. The lowest BCUT2D eigenvalue weighted by Gasteiger charge is -2.55. The minimum absolute atomic E-state index is 0.0527. The number of carboxylic acid groups (broad SMARTS) is 1. The van der Waals surface area contributed by atoms with Gasteiger partial charge in [0.2, 0.25) is 5.82 Å². The molecule has 0 bridgehead atoms. The fourth-order valence-corrected chi connectivity index (χ4v) is 4.80. The van der Waals surface area contributed by atoms with Crippen LogP contribution in [-0.2, 0) is 16.9 Å². The fraction of sp³-hybridized carbons (Fsp3) is 0.440. The highest BCUT2D eigenvalue weighted by atomic mass is 19.4. The number of pyridine rings is 1. The number of rotatable bonds is 6. The Labute approximate surface area is 227 Å². The second-order valence-electron chi connectivity index (χ2n) is 10.6. The SMILES string of the molecule is CC(C)(O)c1nc(-c2cncc(C(O)(c3ccc(C(F)(C(F)(F)F)C(F)(F)F)cc3)C3(C)CN(C(=O)O)C3)c2)no1. The van der Waals surface area contributed by atoms with E-state index in [-0.39, 0.29) is 53.6 Å². The molecule has 1 saturated heterocycles. The van der Waals surface area contributed by atoms with Crippen molar-refractivity contribution >= 4 is 6.09 Å². The molecule has 3 aromatic rings. The second-order valence-corrected chi connectivity index (χ2v) is 10.6. The summed E-state index contributed by atoms with van der Waals surface area (Å²) in [5.74, 6) is -0.228. The average molecular weight is 592 g/mol.